The van der Waals surface area contributed by atoms with Gasteiger partial charge in [-0.05, 0) is 31.2 Å². The number of hydrogen-bond acceptors (Lipinski definition) is 4. The highest BCUT2D eigenvalue weighted by Gasteiger charge is 2.16. The summed E-state index contributed by atoms with van der Waals surface area (Å²) in [7, 11) is 0. The molecule has 1 amide bonds. The van der Waals surface area contributed by atoms with Gasteiger partial charge in [0.05, 0.1) is 11.8 Å². The Hall–Kier alpha value is -2.55. The maximum Gasteiger partial charge on any atom is 0.316 e. The van der Waals surface area contributed by atoms with Gasteiger partial charge in [0.15, 0.2) is 6.61 Å². The maximum atomic E-state index is 13.7. The SMILES string of the molecule is C[C@@H](NC(=O)COC(=O)CSc1cc(F)ccc1F)c1ccc(F)cc1F. The molecule has 0 bridgehead atoms. The zero-order chi connectivity index (χ0) is 20.0. The van der Waals surface area contributed by atoms with Crippen LogP contribution in [0.5, 0.6) is 0 Å². The van der Waals surface area contributed by atoms with Gasteiger partial charge in [-0.1, -0.05) is 6.07 Å². The topological polar surface area (TPSA) is 55.4 Å². The second-order valence-electron chi connectivity index (χ2n) is 5.48. The Morgan fingerprint density at radius 1 is 1.04 bits per heavy atom. The highest BCUT2D eigenvalue weighted by molar-refractivity contribution is 8.00. The molecule has 0 unspecified atom stereocenters. The number of carbonyl (C=O) groups is 2. The lowest BCUT2D eigenvalue weighted by Crippen LogP contribution is -2.31. The fraction of sp³-hybridized carbons (Fsp3) is 0.222. The number of halogens is 4. The molecule has 2 rings (SSSR count). The molecule has 0 spiro atoms. The Morgan fingerprint density at radius 2 is 1.70 bits per heavy atom. The van der Waals surface area contributed by atoms with Crippen LogP contribution >= 0.6 is 11.8 Å². The van der Waals surface area contributed by atoms with Crippen LogP contribution in [0.3, 0.4) is 0 Å². The molecule has 0 aliphatic rings. The summed E-state index contributed by atoms with van der Waals surface area (Å²) >= 11 is 0.729. The van der Waals surface area contributed by atoms with E-state index >= 15 is 0 Å². The number of amides is 1. The molecule has 4 nitrogen and oxygen atoms in total. The van der Waals surface area contributed by atoms with Crippen molar-refractivity contribution in [3.05, 3.63) is 65.2 Å². The van der Waals surface area contributed by atoms with Crippen LogP contribution in [0.4, 0.5) is 17.6 Å². The minimum Gasteiger partial charge on any atom is -0.455 e. The first-order valence-electron chi connectivity index (χ1n) is 7.74. The summed E-state index contributed by atoms with van der Waals surface area (Å²) in [6, 6.07) is 5.02. The molecule has 0 radical (unpaired) electrons. The van der Waals surface area contributed by atoms with E-state index in [0.717, 1.165) is 36.0 Å². The minimum absolute atomic E-state index is 0.0585. The van der Waals surface area contributed by atoms with Crippen LogP contribution in [0.15, 0.2) is 41.3 Å². The van der Waals surface area contributed by atoms with Crippen LogP contribution in [0.25, 0.3) is 0 Å². The van der Waals surface area contributed by atoms with Gasteiger partial charge in [-0.15, -0.1) is 11.8 Å². The summed E-state index contributed by atoms with van der Waals surface area (Å²) < 4.78 is 57.8. The van der Waals surface area contributed by atoms with E-state index < -0.39 is 47.8 Å². The summed E-state index contributed by atoms with van der Waals surface area (Å²) in [6.45, 7) is 0.858. The molecule has 0 aliphatic heterocycles. The fourth-order valence-corrected chi connectivity index (χ4v) is 2.88. The molecule has 2 aromatic rings. The van der Waals surface area contributed by atoms with Crippen LogP contribution in [-0.2, 0) is 14.3 Å². The van der Waals surface area contributed by atoms with Gasteiger partial charge in [0, 0.05) is 16.5 Å². The number of benzene rings is 2. The maximum absolute atomic E-state index is 13.7. The highest BCUT2D eigenvalue weighted by Crippen LogP contribution is 2.22. The van der Waals surface area contributed by atoms with E-state index in [9.17, 15) is 27.2 Å². The molecule has 0 aromatic heterocycles. The Kier molecular flexibility index (Phi) is 7.23. The van der Waals surface area contributed by atoms with E-state index in [1.165, 1.54) is 13.0 Å². The Labute approximate surface area is 156 Å². The van der Waals surface area contributed by atoms with Gasteiger partial charge in [0.1, 0.15) is 23.3 Å². The Balaban J connectivity index is 1.79. The summed E-state index contributed by atoms with van der Waals surface area (Å²) in [5.41, 5.74) is 0.0770. The van der Waals surface area contributed by atoms with Gasteiger partial charge in [-0.2, -0.15) is 0 Å². The monoisotopic (exact) mass is 401 g/mol. The number of nitrogens with one attached hydrogen (secondary N) is 1. The zero-order valence-electron chi connectivity index (χ0n) is 14.1. The number of ether oxygens (including phenoxy) is 1. The highest BCUT2D eigenvalue weighted by atomic mass is 32.2. The third kappa shape index (κ3) is 6.28. The molecular formula is C18H15F4NO3S. The molecule has 0 saturated heterocycles. The van der Waals surface area contributed by atoms with Crippen LogP contribution < -0.4 is 5.32 Å². The number of hydrogen-bond donors (Lipinski definition) is 1. The lowest BCUT2D eigenvalue weighted by Gasteiger charge is -2.15. The molecule has 144 valence electrons. The average molecular weight is 401 g/mol. The number of thioether (sulfide) groups is 1. The van der Waals surface area contributed by atoms with Crippen molar-refractivity contribution >= 4 is 23.6 Å². The van der Waals surface area contributed by atoms with Crippen molar-refractivity contribution in [1.29, 1.82) is 0 Å². The van der Waals surface area contributed by atoms with Gasteiger partial charge in [0.2, 0.25) is 0 Å². The van der Waals surface area contributed by atoms with Gasteiger partial charge in [0.25, 0.3) is 5.91 Å². The number of carbonyl (C=O) groups excluding carboxylic acids is 2. The lowest BCUT2D eigenvalue weighted by molar-refractivity contribution is -0.146. The molecule has 0 aliphatic carbocycles. The average Bonchev–Trinajstić information content (AvgIpc) is 2.60. The predicted molar refractivity (Wildman–Crippen MR) is 91.0 cm³/mol. The van der Waals surface area contributed by atoms with Crippen molar-refractivity contribution < 1.29 is 31.9 Å². The van der Waals surface area contributed by atoms with Crippen molar-refractivity contribution in [2.75, 3.05) is 12.4 Å². The van der Waals surface area contributed by atoms with Crippen LogP contribution in [-0.4, -0.2) is 24.2 Å². The second-order valence-corrected chi connectivity index (χ2v) is 6.50. The third-order valence-electron chi connectivity index (χ3n) is 3.41. The lowest BCUT2D eigenvalue weighted by atomic mass is 10.1. The normalized spacial score (nSPS) is 11.7. The molecular weight excluding hydrogens is 386 g/mol. The quantitative estimate of drug-likeness (QED) is 0.436. The van der Waals surface area contributed by atoms with Crippen molar-refractivity contribution in [2.45, 2.75) is 17.9 Å². The first-order chi connectivity index (χ1) is 12.8. The minimum atomic E-state index is -0.812. The standard InChI is InChI=1S/C18H15F4NO3S/c1-10(13-4-2-11(19)6-15(13)22)23-17(24)8-26-18(25)9-27-16-7-12(20)3-5-14(16)21/h2-7,10H,8-9H2,1H3,(H,23,24)/t10-/m1/s1. The zero-order valence-corrected chi connectivity index (χ0v) is 14.9. The van der Waals surface area contributed by atoms with E-state index in [1.807, 2.05) is 0 Å². The van der Waals surface area contributed by atoms with E-state index in [-0.39, 0.29) is 16.2 Å². The molecule has 1 atom stereocenters. The third-order valence-corrected chi connectivity index (χ3v) is 4.41. The van der Waals surface area contributed by atoms with Crippen molar-refractivity contribution in [3.63, 3.8) is 0 Å². The van der Waals surface area contributed by atoms with Crippen LogP contribution in [0, 0.1) is 23.3 Å². The van der Waals surface area contributed by atoms with E-state index in [1.54, 1.807) is 0 Å². The van der Waals surface area contributed by atoms with Gasteiger partial charge < -0.3 is 10.1 Å². The van der Waals surface area contributed by atoms with Crippen molar-refractivity contribution in [3.8, 4) is 0 Å². The molecule has 1 N–H and O–H groups in total. The van der Waals surface area contributed by atoms with E-state index in [2.05, 4.69) is 5.32 Å². The van der Waals surface area contributed by atoms with Crippen molar-refractivity contribution in [2.24, 2.45) is 0 Å². The number of rotatable bonds is 7. The predicted octanol–water partition coefficient (Wildman–Crippen LogP) is 3.76. The van der Waals surface area contributed by atoms with Crippen molar-refractivity contribution in [1.82, 2.24) is 5.32 Å². The molecule has 0 heterocycles. The summed E-state index contributed by atoms with van der Waals surface area (Å²) in [5.74, 6) is -4.70. The van der Waals surface area contributed by atoms with Crippen LogP contribution in [0.1, 0.15) is 18.5 Å². The second kappa shape index (κ2) is 9.40. The van der Waals surface area contributed by atoms with E-state index in [4.69, 9.17) is 4.74 Å². The van der Waals surface area contributed by atoms with Gasteiger partial charge >= 0.3 is 5.97 Å². The molecule has 27 heavy (non-hydrogen) atoms. The van der Waals surface area contributed by atoms with E-state index in [0.29, 0.717) is 6.07 Å². The van der Waals surface area contributed by atoms with Gasteiger partial charge in [-0.25, -0.2) is 17.6 Å². The molecule has 0 saturated carbocycles. The fourth-order valence-electron chi connectivity index (χ4n) is 2.13. The molecule has 9 heteroatoms. The first kappa shape index (κ1) is 20.8. The largest absolute Gasteiger partial charge is 0.455 e. The summed E-state index contributed by atoms with van der Waals surface area (Å²) in [6.07, 6.45) is 0. The smallest absolute Gasteiger partial charge is 0.316 e. The molecule has 0 fully saturated rings. The Bertz CT molecular complexity index is 847. The number of esters is 1. The summed E-state index contributed by atoms with van der Waals surface area (Å²) in [5, 5.41) is 2.41. The molecule has 2 aromatic carbocycles. The first-order valence-corrected chi connectivity index (χ1v) is 8.72. The van der Waals surface area contributed by atoms with Crippen LogP contribution in [0.2, 0.25) is 0 Å². The summed E-state index contributed by atoms with van der Waals surface area (Å²) in [4.78, 5) is 23.3. The Morgan fingerprint density at radius 3 is 2.41 bits per heavy atom. The van der Waals surface area contributed by atoms with Gasteiger partial charge in [-0.3, -0.25) is 9.59 Å².